The summed E-state index contributed by atoms with van der Waals surface area (Å²) < 4.78 is 23.5. The summed E-state index contributed by atoms with van der Waals surface area (Å²) in [6, 6.07) is 6.19. The van der Waals surface area contributed by atoms with E-state index in [1.807, 2.05) is 10.3 Å². The molecule has 0 aliphatic carbocycles. The van der Waals surface area contributed by atoms with Gasteiger partial charge in [0.15, 0.2) is 9.84 Å². The summed E-state index contributed by atoms with van der Waals surface area (Å²) in [6.07, 6.45) is 1.05. The van der Waals surface area contributed by atoms with Crippen LogP contribution in [0.2, 0.25) is 0 Å². The number of rotatable bonds is 6. The molecule has 2 aromatic heterocycles. The summed E-state index contributed by atoms with van der Waals surface area (Å²) in [5.74, 6) is 0. The van der Waals surface area contributed by atoms with E-state index in [0.29, 0.717) is 18.8 Å². The maximum atomic E-state index is 11.7. The number of nitro groups is 1. The number of thiazole rings is 1. The molecule has 1 aliphatic heterocycles. The summed E-state index contributed by atoms with van der Waals surface area (Å²) in [7, 11) is -3.50. The summed E-state index contributed by atoms with van der Waals surface area (Å²) in [4.78, 5) is 19.9. The highest BCUT2D eigenvalue weighted by molar-refractivity contribution is 7.90. The molecule has 11 heteroatoms. The smallest absolute Gasteiger partial charge is 0.293 e. The van der Waals surface area contributed by atoms with Crippen LogP contribution in [0.4, 0.5) is 11.4 Å². The van der Waals surface area contributed by atoms with E-state index in [0.717, 1.165) is 48.2 Å². The molecule has 0 spiro atoms. The van der Waals surface area contributed by atoms with Crippen LogP contribution < -0.4 is 4.90 Å². The Bertz CT molecular complexity index is 1150. The fourth-order valence-electron chi connectivity index (χ4n) is 3.42. The highest BCUT2D eigenvalue weighted by Crippen LogP contribution is 2.32. The predicted molar refractivity (Wildman–Crippen MR) is 119 cm³/mol. The summed E-state index contributed by atoms with van der Waals surface area (Å²) >= 11 is 3.29. The lowest BCUT2D eigenvalue weighted by atomic mass is 10.2. The Labute approximate surface area is 182 Å². The predicted octanol–water partition coefficient (Wildman–Crippen LogP) is 3.51. The van der Waals surface area contributed by atoms with Crippen molar-refractivity contribution < 1.29 is 13.3 Å². The molecule has 158 valence electrons. The summed E-state index contributed by atoms with van der Waals surface area (Å²) in [5.41, 5.74) is 2.45. The topological polar surface area (TPSA) is 96.7 Å². The number of benzene rings is 1. The van der Waals surface area contributed by atoms with Crippen LogP contribution in [0.5, 0.6) is 0 Å². The molecule has 0 unspecified atom stereocenters. The van der Waals surface area contributed by atoms with Crippen molar-refractivity contribution in [2.45, 2.75) is 11.4 Å². The highest BCUT2D eigenvalue weighted by atomic mass is 32.2. The van der Waals surface area contributed by atoms with Crippen molar-refractivity contribution in [3.05, 3.63) is 56.2 Å². The van der Waals surface area contributed by atoms with Crippen molar-refractivity contribution in [1.82, 2.24) is 9.88 Å². The average Bonchev–Trinajstić information content (AvgIpc) is 3.39. The fourth-order valence-corrected chi connectivity index (χ4v) is 5.59. The largest absolute Gasteiger partial charge is 0.363 e. The van der Waals surface area contributed by atoms with Gasteiger partial charge in [0, 0.05) is 61.4 Å². The van der Waals surface area contributed by atoms with Gasteiger partial charge < -0.3 is 4.90 Å². The van der Waals surface area contributed by atoms with Crippen LogP contribution in [0.25, 0.3) is 10.6 Å². The van der Waals surface area contributed by atoms with Crippen molar-refractivity contribution >= 4 is 43.9 Å². The fraction of sp³-hybridized carbons (Fsp3) is 0.316. The minimum absolute atomic E-state index is 0.0402. The Kier molecular flexibility index (Phi) is 5.87. The first-order chi connectivity index (χ1) is 14.3. The minimum Gasteiger partial charge on any atom is -0.363 e. The molecule has 0 saturated carbocycles. The lowest BCUT2D eigenvalue weighted by Gasteiger charge is -2.35. The van der Waals surface area contributed by atoms with Gasteiger partial charge in [-0.15, -0.1) is 11.3 Å². The van der Waals surface area contributed by atoms with E-state index in [1.165, 1.54) is 12.1 Å². The molecular formula is C19H20N4O4S3. The van der Waals surface area contributed by atoms with Crippen molar-refractivity contribution in [2.75, 3.05) is 37.3 Å². The monoisotopic (exact) mass is 464 g/mol. The zero-order valence-corrected chi connectivity index (χ0v) is 18.7. The molecular weight excluding hydrogens is 444 g/mol. The van der Waals surface area contributed by atoms with Crippen molar-refractivity contribution in [1.29, 1.82) is 0 Å². The lowest BCUT2D eigenvalue weighted by molar-refractivity contribution is -0.384. The zero-order valence-electron chi connectivity index (χ0n) is 16.2. The number of hydrogen-bond donors (Lipinski definition) is 0. The Morgan fingerprint density at radius 3 is 2.57 bits per heavy atom. The van der Waals surface area contributed by atoms with Crippen LogP contribution in [-0.4, -0.2) is 55.7 Å². The van der Waals surface area contributed by atoms with Gasteiger partial charge in [-0.05, 0) is 23.6 Å². The van der Waals surface area contributed by atoms with E-state index >= 15 is 0 Å². The Morgan fingerprint density at radius 1 is 1.17 bits per heavy atom. The van der Waals surface area contributed by atoms with Gasteiger partial charge in [-0.25, -0.2) is 13.4 Å². The second-order valence-corrected chi connectivity index (χ2v) is 10.8. The molecule has 1 fully saturated rings. The first-order valence-electron chi connectivity index (χ1n) is 9.24. The van der Waals surface area contributed by atoms with E-state index in [4.69, 9.17) is 4.98 Å². The lowest BCUT2D eigenvalue weighted by Crippen LogP contribution is -2.46. The van der Waals surface area contributed by atoms with Gasteiger partial charge in [-0.1, -0.05) is 0 Å². The Balaban J connectivity index is 1.43. The summed E-state index contributed by atoms with van der Waals surface area (Å²) in [6.45, 7) is 3.48. The minimum atomic E-state index is -3.50. The number of thiophene rings is 1. The molecule has 1 aromatic carbocycles. The quantitative estimate of drug-likeness (QED) is 0.407. The number of hydrogen-bond acceptors (Lipinski definition) is 9. The molecule has 0 radical (unpaired) electrons. The third kappa shape index (κ3) is 4.53. The van der Waals surface area contributed by atoms with E-state index in [1.54, 1.807) is 22.7 Å². The molecule has 4 rings (SSSR count). The second kappa shape index (κ2) is 8.42. The number of aromatic nitrogens is 1. The molecule has 0 bridgehead atoms. The zero-order chi connectivity index (χ0) is 21.3. The standard InChI is InChI=1S/C19H20N4O4S3/c1-30(26,27)16-2-3-17(18(10-16)23(24)25)22-7-5-21(6-8-22)11-15-13-29-19(20-15)14-4-9-28-12-14/h2-4,9-10,12-13H,5-8,11H2,1H3. The molecule has 30 heavy (non-hydrogen) atoms. The van der Waals surface area contributed by atoms with Gasteiger partial charge in [-0.3, -0.25) is 15.0 Å². The molecule has 8 nitrogen and oxygen atoms in total. The molecule has 0 N–H and O–H groups in total. The Hall–Kier alpha value is -2.34. The third-order valence-corrected chi connectivity index (χ3v) is 7.72. The van der Waals surface area contributed by atoms with Crippen LogP contribution in [0.3, 0.4) is 0 Å². The van der Waals surface area contributed by atoms with Crippen molar-refractivity contribution in [2.24, 2.45) is 0 Å². The molecule has 0 atom stereocenters. The molecule has 0 amide bonds. The Morgan fingerprint density at radius 2 is 1.93 bits per heavy atom. The second-order valence-electron chi connectivity index (χ2n) is 7.10. The average molecular weight is 465 g/mol. The van der Waals surface area contributed by atoms with E-state index < -0.39 is 14.8 Å². The number of nitro benzene ring substituents is 1. The maximum Gasteiger partial charge on any atom is 0.293 e. The van der Waals surface area contributed by atoms with Crippen LogP contribution in [0.15, 0.2) is 45.3 Å². The maximum absolute atomic E-state index is 11.7. The van der Waals surface area contributed by atoms with Gasteiger partial charge >= 0.3 is 0 Å². The van der Waals surface area contributed by atoms with Gasteiger partial charge in [-0.2, -0.15) is 11.3 Å². The van der Waals surface area contributed by atoms with Crippen molar-refractivity contribution in [3.8, 4) is 10.6 Å². The molecule has 3 heterocycles. The van der Waals surface area contributed by atoms with E-state index in [9.17, 15) is 18.5 Å². The first-order valence-corrected chi connectivity index (χ1v) is 13.0. The summed E-state index contributed by atoms with van der Waals surface area (Å²) in [5, 5.41) is 18.7. The number of nitrogens with zero attached hydrogens (tertiary/aromatic N) is 4. The number of sulfone groups is 1. The SMILES string of the molecule is CS(=O)(=O)c1ccc(N2CCN(Cc3csc(-c4ccsc4)n3)CC2)c([N+](=O)[O-])c1. The third-order valence-electron chi connectivity index (χ3n) is 4.99. The van der Waals surface area contributed by atoms with Gasteiger partial charge in [0.2, 0.25) is 0 Å². The highest BCUT2D eigenvalue weighted by Gasteiger charge is 2.26. The van der Waals surface area contributed by atoms with Gasteiger partial charge in [0.05, 0.1) is 15.5 Å². The number of anilines is 1. The molecule has 1 saturated heterocycles. The number of piperazine rings is 1. The van der Waals surface area contributed by atoms with Crippen molar-refractivity contribution in [3.63, 3.8) is 0 Å². The van der Waals surface area contributed by atoms with Crippen LogP contribution >= 0.6 is 22.7 Å². The van der Waals surface area contributed by atoms with Gasteiger partial charge in [0.25, 0.3) is 5.69 Å². The molecule has 3 aromatic rings. The van der Waals surface area contributed by atoms with Crippen LogP contribution in [-0.2, 0) is 16.4 Å². The van der Waals surface area contributed by atoms with Crippen LogP contribution in [0, 0.1) is 10.1 Å². The normalized spacial score (nSPS) is 15.4. The van der Waals surface area contributed by atoms with E-state index in [-0.39, 0.29) is 10.6 Å². The van der Waals surface area contributed by atoms with Gasteiger partial charge in [0.1, 0.15) is 10.7 Å². The van der Waals surface area contributed by atoms with Crippen LogP contribution in [0.1, 0.15) is 5.69 Å². The van der Waals surface area contributed by atoms with E-state index in [2.05, 4.69) is 21.7 Å². The first kappa shape index (κ1) is 20.9. The molecule has 1 aliphatic rings.